The molecule has 1 aliphatic carbocycles. The maximum absolute atomic E-state index is 12.6. The third-order valence-corrected chi connectivity index (χ3v) is 6.21. The zero-order valence-corrected chi connectivity index (χ0v) is 14.9. The Bertz CT molecular complexity index is 575. The average Bonchev–Trinajstić information content (AvgIpc) is 3.14. The number of nitrogens with zero attached hydrogens (tertiary/aromatic N) is 1. The number of esters is 1. The van der Waals surface area contributed by atoms with Gasteiger partial charge in [0.2, 0.25) is 0 Å². The zero-order chi connectivity index (χ0) is 16.7. The van der Waals surface area contributed by atoms with Crippen molar-refractivity contribution in [2.24, 2.45) is 5.92 Å². The highest BCUT2D eigenvalue weighted by atomic mass is 16.6. The van der Waals surface area contributed by atoms with Gasteiger partial charge in [0.1, 0.15) is 12.2 Å². The molecule has 4 rings (SSSR count). The normalized spacial score (nSPS) is 41.3. The first-order chi connectivity index (χ1) is 11.6. The lowest BCUT2D eigenvalue weighted by Gasteiger charge is -2.26. The van der Waals surface area contributed by atoms with Crippen molar-refractivity contribution in [1.29, 1.82) is 0 Å². The molecular weight excluding hydrogens is 302 g/mol. The van der Waals surface area contributed by atoms with Gasteiger partial charge < -0.3 is 14.4 Å². The van der Waals surface area contributed by atoms with Crippen LogP contribution < -0.4 is 0 Å². The molecule has 3 aliphatic heterocycles. The monoisotopic (exact) mass is 331 g/mol. The third-order valence-electron chi connectivity index (χ3n) is 6.21. The summed E-state index contributed by atoms with van der Waals surface area (Å²) in [5.41, 5.74) is 2.19. The lowest BCUT2D eigenvalue weighted by molar-refractivity contribution is -0.140. The van der Waals surface area contributed by atoms with Crippen LogP contribution in [-0.4, -0.2) is 41.8 Å². The van der Waals surface area contributed by atoms with E-state index in [4.69, 9.17) is 9.47 Å². The van der Waals surface area contributed by atoms with Gasteiger partial charge in [0.25, 0.3) is 0 Å². The van der Waals surface area contributed by atoms with Crippen molar-refractivity contribution < 1.29 is 14.3 Å². The van der Waals surface area contributed by atoms with E-state index in [1.165, 1.54) is 24.8 Å². The number of piperidine rings is 1. The quantitative estimate of drug-likeness (QED) is 0.319. The summed E-state index contributed by atoms with van der Waals surface area (Å²) in [6.45, 7) is 6.49. The van der Waals surface area contributed by atoms with Crippen molar-refractivity contribution in [3.8, 4) is 0 Å². The van der Waals surface area contributed by atoms with E-state index in [1.807, 2.05) is 0 Å². The number of hydrogen-bond acceptors (Lipinski definition) is 4. The number of carbonyl (C=O) groups is 1. The molecule has 3 fully saturated rings. The summed E-state index contributed by atoms with van der Waals surface area (Å²) in [6.07, 6.45) is 12.3. The molecule has 0 N–H and O–H groups in total. The van der Waals surface area contributed by atoms with Gasteiger partial charge in [-0.1, -0.05) is 11.6 Å². The van der Waals surface area contributed by atoms with E-state index < -0.39 is 0 Å². The molecule has 4 aliphatic rings. The minimum Gasteiger partial charge on any atom is -0.455 e. The first-order valence-electron chi connectivity index (χ1n) is 9.57. The van der Waals surface area contributed by atoms with Crippen LogP contribution in [0.25, 0.3) is 0 Å². The predicted molar refractivity (Wildman–Crippen MR) is 92.4 cm³/mol. The highest BCUT2D eigenvalue weighted by molar-refractivity contribution is 5.91. The van der Waals surface area contributed by atoms with Crippen LogP contribution in [-0.2, 0) is 14.3 Å². The van der Waals surface area contributed by atoms with E-state index in [0.29, 0.717) is 0 Å². The van der Waals surface area contributed by atoms with Crippen LogP contribution in [0.15, 0.2) is 23.4 Å². The largest absolute Gasteiger partial charge is 0.455 e. The predicted octanol–water partition coefficient (Wildman–Crippen LogP) is 3.58. The Hall–Kier alpha value is -1.29. The zero-order valence-electron chi connectivity index (χ0n) is 14.9. The fourth-order valence-electron chi connectivity index (χ4n) is 4.55. The molecule has 24 heavy (non-hydrogen) atoms. The van der Waals surface area contributed by atoms with Crippen molar-refractivity contribution in [2.75, 3.05) is 13.1 Å². The van der Waals surface area contributed by atoms with Gasteiger partial charge in [-0.05, 0) is 58.8 Å². The first-order valence-corrected chi connectivity index (χ1v) is 9.57. The number of ether oxygens (including phenoxy) is 2. The lowest BCUT2D eigenvalue weighted by Crippen LogP contribution is -2.30. The molecule has 0 aromatic heterocycles. The highest BCUT2D eigenvalue weighted by Gasteiger charge is 2.61. The van der Waals surface area contributed by atoms with Crippen LogP contribution in [0.4, 0.5) is 0 Å². The summed E-state index contributed by atoms with van der Waals surface area (Å²) >= 11 is 0. The molecule has 3 heterocycles. The van der Waals surface area contributed by atoms with Crippen LogP contribution >= 0.6 is 0 Å². The minimum atomic E-state index is -0.116. The Kier molecular flexibility index (Phi) is 4.19. The number of hydrogen-bond donors (Lipinski definition) is 0. The lowest BCUT2D eigenvalue weighted by atomic mass is 9.83. The summed E-state index contributed by atoms with van der Waals surface area (Å²) in [5, 5.41) is 0. The summed E-state index contributed by atoms with van der Waals surface area (Å²) in [6, 6.07) is 0. The van der Waals surface area contributed by atoms with Gasteiger partial charge >= 0.3 is 5.97 Å². The molecule has 0 aromatic rings. The van der Waals surface area contributed by atoms with Crippen molar-refractivity contribution in [3.63, 3.8) is 0 Å². The van der Waals surface area contributed by atoms with E-state index in [0.717, 1.165) is 44.3 Å². The molecule has 0 bridgehead atoms. The standard InChI is InChI=1S/C20H29NO3/c1-14-7-6-10-20(2)18(24-20)17-15(9-8-14)16(19(22)23-17)13-21-11-4-3-5-12-21/h7,13,15,17-18H,3-6,8-12H2,1-2H3. The number of likely N-dealkylation sites (tertiary alicyclic amines) is 1. The van der Waals surface area contributed by atoms with E-state index in [2.05, 4.69) is 31.0 Å². The van der Waals surface area contributed by atoms with Gasteiger partial charge in [0.05, 0.1) is 11.2 Å². The second-order valence-corrected chi connectivity index (χ2v) is 8.14. The van der Waals surface area contributed by atoms with Crippen molar-refractivity contribution >= 4 is 5.97 Å². The second kappa shape index (κ2) is 6.21. The topological polar surface area (TPSA) is 42.1 Å². The molecular formula is C20H29NO3. The van der Waals surface area contributed by atoms with Gasteiger partial charge in [-0.15, -0.1) is 0 Å². The van der Waals surface area contributed by atoms with Gasteiger partial charge in [0, 0.05) is 25.2 Å². The molecule has 0 saturated carbocycles. The first kappa shape index (κ1) is 16.2. The smallest absolute Gasteiger partial charge is 0.336 e. The molecule has 0 amide bonds. The Morgan fingerprint density at radius 2 is 2.08 bits per heavy atom. The Labute approximate surface area is 144 Å². The molecule has 132 valence electrons. The Morgan fingerprint density at radius 3 is 2.88 bits per heavy atom. The third kappa shape index (κ3) is 3.01. The Morgan fingerprint density at radius 1 is 1.29 bits per heavy atom. The maximum Gasteiger partial charge on any atom is 0.336 e. The number of fused-ring (bicyclic) bond motifs is 3. The SMILES string of the molecule is CC1=CCCC2(C)OC2C2OC(=O)C(=CN3CCCCC3)C2CC1. The van der Waals surface area contributed by atoms with E-state index >= 15 is 0 Å². The van der Waals surface area contributed by atoms with Crippen molar-refractivity contribution in [3.05, 3.63) is 23.4 Å². The minimum absolute atomic E-state index is 0.0745. The van der Waals surface area contributed by atoms with Crippen LogP contribution in [0.5, 0.6) is 0 Å². The maximum atomic E-state index is 12.6. The van der Waals surface area contributed by atoms with Gasteiger partial charge in [0.15, 0.2) is 0 Å². The van der Waals surface area contributed by atoms with Gasteiger partial charge in [-0.3, -0.25) is 0 Å². The number of carbonyl (C=O) groups excluding carboxylic acids is 1. The molecule has 4 atom stereocenters. The summed E-state index contributed by atoms with van der Waals surface area (Å²) in [7, 11) is 0. The molecule has 0 aromatic carbocycles. The second-order valence-electron chi connectivity index (χ2n) is 8.14. The van der Waals surface area contributed by atoms with Crippen LogP contribution in [0.2, 0.25) is 0 Å². The molecule has 0 radical (unpaired) electrons. The molecule has 3 saturated heterocycles. The molecule has 4 heteroatoms. The van der Waals surface area contributed by atoms with E-state index in [9.17, 15) is 4.79 Å². The van der Waals surface area contributed by atoms with Crippen molar-refractivity contribution in [2.45, 2.75) is 76.6 Å². The van der Waals surface area contributed by atoms with Crippen molar-refractivity contribution in [1.82, 2.24) is 4.90 Å². The van der Waals surface area contributed by atoms with E-state index in [-0.39, 0.29) is 29.7 Å². The van der Waals surface area contributed by atoms with E-state index in [1.54, 1.807) is 0 Å². The fourth-order valence-corrected chi connectivity index (χ4v) is 4.55. The summed E-state index contributed by atoms with van der Waals surface area (Å²) in [4.78, 5) is 14.9. The fraction of sp³-hybridized carbons (Fsp3) is 0.750. The van der Waals surface area contributed by atoms with Gasteiger partial charge in [-0.25, -0.2) is 4.79 Å². The molecule has 4 unspecified atom stereocenters. The number of epoxide rings is 1. The Balaban J connectivity index is 1.60. The molecule has 0 spiro atoms. The average molecular weight is 331 g/mol. The van der Waals surface area contributed by atoms with Crippen LogP contribution in [0.3, 0.4) is 0 Å². The summed E-state index contributed by atoms with van der Waals surface area (Å²) in [5.74, 6) is 0.0574. The van der Waals surface area contributed by atoms with Gasteiger partial charge in [-0.2, -0.15) is 0 Å². The van der Waals surface area contributed by atoms with Crippen LogP contribution in [0.1, 0.15) is 58.8 Å². The highest BCUT2D eigenvalue weighted by Crippen LogP contribution is 2.50. The number of rotatable bonds is 1. The molecule has 4 nitrogen and oxygen atoms in total. The summed E-state index contributed by atoms with van der Waals surface area (Å²) < 4.78 is 11.9. The number of allylic oxidation sites excluding steroid dienone is 2. The van der Waals surface area contributed by atoms with Crippen LogP contribution in [0, 0.1) is 5.92 Å².